The van der Waals surface area contributed by atoms with Gasteiger partial charge in [0.25, 0.3) is 0 Å². The zero-order valence-corrected chi connectivity index (χ0v) is 11.8. The van der Waals surface area contributed by atoms with Crippen LogP contribution in [0.15, 0.2) is 84.0 Å². The van der Waals surface area contributed by atoms with Crippen molar-refractivity contribution in [3.63, 3.8) is 0 Å². The monoisotopic (exact) mass is 290 g/mol. The Morgan fingerprint density at radius 3 is 2.14 bits per heavy atom. The van der Waals surface area contributed by atoms with Gasteiger partial charge in [-0.2, -0.15) is 0 Å². The fourth-order valence-electron chi connectivity index (χ4n) is 2.16. The van der Waals surface area contributed by atoms with Crippen molar-refractivity contribution in [1.29, 1.82) is 0 Å². The number of phenolic OH excluding ortho intramolecular Hbond substituents is 1. The Bertz CT molecular complexity index is 797. The Morgan fingerprint density at radius 1 is 0.773 bits per heavy atom. The molecule has 0 aliphatic carbocycles. The maximum Gasteiger partial charge on any atom is 0.244 e. The quantitative estimate of drug-likeness (QED) is 0.420. The van der Waals surface area contributed by atoms with E-state index in [-0.39, 0.29) is 5.75 Å². The maximum absolute atomic E-state index is 12.2. The second kappa shape index (κ2) is 6.10. The summed E-state index contributed by atoms with van der Waals surface area (Å²) >= 11 is 0. The molecule has 0 radical (unpaired) electrons. The van der Waals surface area contributed by atoms with Crippen molar-refractivity contribution >= 4 is 11.4 Å². The number of azo groups is 1. The molecule has 108 valence electrons. The summed E-state index contributed by atoms with van der Waals surface area (Å²) in [5.41, 5.74) is 2.77. The van der Waals surface area contributed by atoms with Crippen LogP contribution < -0.4 is 0 Å². The van der Waals surface area contributed by atoms with Crippen LogP contribution in [0.25, 0.3) is 11.1 Å². The van der Waals surface area contributed by atoms with E-state index >= 15 is 0 Å². The third-order valence-electron chi connectivity index (χ3n) is 3.26. The zero-order chi connectivity index (χ0) is 15.4. The highest BCUT2D eigenvalue weighted by molar-refractivity contribution is 5.75. The summed E-state index contributed by atoms with van der Waals surface area (Å²) in [6.07, 6.45) is 0. The number of para-hydroxylation sites is 1. The zero-order valence-electron chi connectivity index (χ0n) is 11.8. The molecule has 0 unspecified atom stereocenters. The van der Waals surface area contributed by atoms with Crippen molar-refractivity contribution in [3.8, 4) is 16.9 Å². The van der Waals surface area contributed by atoms with Gasteiger partial charge >= 0.3 is 0 Å². The van der Waals surface area contributed by atoms with Crippen molar-refractivity contribution in [2.45, 2.75) is 0 Å². The Kier molecular flexibility index (Phi) is 3.83. The lowest BCUT2D eigenvalue weighted by atomic mass is 10.0. The Hall–Kier alpha value is -3.14. The van der Waals surface area contributed by atoms with Gasteiger partial charge in [0.2, 0.25) is 5.69 Å². The van der Waals surface area contributed by atoms with Gasteiger partial charge in [-0.25, -0.2) is 0 Å². The highest BCUT2D eigenvalue weighted by Gasteiger charge is 2.08. The van der Waals surface area contributed by atoms with Gasteiger partial charge in [0.05, 0.1) is 0 Å². The van der Waals surface area contributed by atoms with E-state index in [0.29, 0.717) is 16.2 Å². The van der Waals surface area contributed by atoms with Crippen LogP contribution >= 0.6 is 0 Å². The molecule has 3 rings (SSSR count). The van der Waals surface area contributed by atoms with Gasteiger partial charge in [0, 0.05) is 22.8 Å². The summed E-state index contributed by atoms with van der Waals surface area (Å²) < 4.78 is 0. The van der Waals surface area contributed by atoms with Gasteiger partial charge in [0.1, 0.15) is 11.4 Å². The normalized spacial score (nSPS) is 11.4. The van der Waals surface area contributed by atoms with Crippen LogP contribution in [0, 0.1) is 5.21 Å². The molecule has 4 heteroatoms. The average molecular weight is 290 g/mol. The van der Waals surface area contributed by atoms with Crippen molar-refractivity contribution in [3.05, 3.63) is 84.1 Å². The van der Waals surface area contributed by atoms with Crippen LogP contribution in [0.1, 0.15) is 0 Å². The molecule has 0 aliphatic rings. The van der Waals surface area contributed by atoms with E-state index < -0.39 is 0 Å². The second-order valence-electron chi connectivity index (χ2n) is 4.77. The maximum atomic E-state index is 12.2. The van der Waals surface area contributed by atoms with Crippen molar-refractivity contribution in [1.82, 2.24) is 0 Å². The standard InChI is InChI=1S/C18H14N2O2/c21-16-12-10-14(11-13-16)17-8-4-5-9-18(17)19-20(22)15-6-2-1-3-7-15/h1-13,21H. The molecule has 0 fully saturated rings. The first-order valence-corrected chi connectivity index (χ1v) is 6.86. The van der Waals surface area contributed by atoms with Crippen LogP contribution in [0.4, 0.5) is 11.4 Å². The molecule has 1 N–H and O–H groups in total. The molecule has 0 aliphatic heterocycles. The summed E-state index contributed by atoms with van der Waals surface area (Å²) in [5, 5.41) is 25.7. The SMILES string of the molecule is [O-][N+](=Nc1ccccc1-c1ccc(O)cc1)c1ccccc1. The minimum atomic E-state index is 0.202. The predicted molar refractivity (Wildman–Crippen MR) is 85.4 cm³/mol. The van der Waals surface area contributed by atoms with E-state index in [0.717, 1.165) is 11.1 Å². The van der Waals surface area contributed by atoms with Crippen molar-refractivity contribution in [2.24, 2.45) is 5.11 Å². The molecule has 3 aromatic rings. The lowest BCUT2D eigenvalue weighted by Gasteiger charge is -2.05. The van der Waals surface area contributed by atoms with Crippen LogP contribution in [0.2, 0.25) is 0 Å². The van der Waals surface area contributed by atoms with E-state index in [1.54, 1.807) is 54.6 Å². The Morgan fingerprint density at radius 2 is 1.41 bits per heavy atom. The van der Waals surface area contributed by atoms with Gasteiger partial charge in [-0.15, -0.1) is 0 Å². The molecule has 22 heavy (non-hydrogen) atoms. The molecule has 3 aromatic carbocycles. The molecule has 0 saturated carbocycles. The summed E-state index contributed by atoms with van der Waals surface area (Å²) in [6, 6.07) is 23.1. The Balaban J connectivity index is 2.03. The molecular formula is C18H14N2O2. The summed E-state index contributed by atoms with van der Waals surface area (Å²) in [4.78, 5) is 0.610. The van der Waals surface area contributed by atoms with Crippen molar-refractivity contribution < 1.29 is 9.97 Å². The third kappa shape index (κ3) is 2.96. The molecule has 0 saturated heterocycles. The fourth-order valence-corrected chi connectivity index (χ4v) is 2.16. The van der Waals surface area contributed by atoms with Crippen LogP contribution in [0.3, 0.4) is 0 Å². The lowest BCUT2D eigenvalue weighted by molar-refractivity contribution is -0.435. The molecule has 0 spiro atoms. The number of nitrogens with zero attached hydrogens (tertiary/aromatic N) is 2. The van der Waals surface area contributed by atoms with Crippen LogP contribution in [-0.4, -0.2) is 9.97 Å². The van der Waals surface area contributed by atoms with E-state index in [2.05, 4.69) is 5.11 Å². The predicted octanol–water partition coefficient (Wildman–Crippen LogP) is 4.98. The first-order valence-electron chi connectivity index (χ1n) is 6.86. The number of phenols is 1. The van der Waals surface area contributed by atoms with E-state index in [4.69, 9.17) is 0 Å². The van der Waals surface area contributed by atoms with Crippen LogP contribution in [0.5, 0.6) is 5.75 Å². The van der Waals surface area contributed by atoms with Gasteiger partial charge in [-0.3, -0.25) is 0 Å². The number of benzene rings is 3. The smallest absolute Gasteiger partial charge is 0.244 e. The first-order chi connectivity index (χ1) is 10.7. The second-order valence-corrected chi connectivity index (χ2v) is 4.77. The molecule has 4 nitrogen and oxygen atoms in total. The highest BCUT2D eigenvalue weighted by Crippen LogP contribution is 2.31. The van der Waals surface area contributed by atoms with Crippen LogP contribution in [-0.2, 0) is 0 Å². The molecule has 0 bridgehead atoms. The highest BCUT2D eigenvalue weighted by atomic mass is 16.5. The minimum Gasteiger partial charge on any atom is -0.594 e. The summed E-state index contributed by atoms with van der Waals surface area (Å²) in [6.45, 7) is 0. The van der Waals surface area contributed by atoms with Gasteiger partial charge in [0.15, 0.2) is 0 Å². The molecule has 0 atom stereocenters. The van der Waals surface area contributed by atoms with Gasteiger partial charge in [-0.1, -0.05) is 53.4 Å². The fraction of sp³-hybridized carbons (Fsp3) is 0. The third-order valence-corrected chi connectivity index (χ3v) is 3.26. The number of rotatable bonds is 3. The molecule has 0 amide bonds. The van der Waals surface area contributed by atoms with Gasteiger partial charge < -0.3 is 10.3 Å². The minimum absolute atomic E-state index is 0.202. The largest absolute Gasteiger partial charge is 0.594 e. The van der Waals surface area contributed by atoms with Crippen molar-refractivity contribution in [2.75, 3.05) is 0 Å². The topological polar surface area (TPSA) is 58.7 Å². The van der Waals surface area contributed by atoms with E-state index in [1.807, 2.05) is 24.3 Å². The average Bonchev–Trinajstić information content (AvgIpc) is 2.57. The lowest BCUT2D eigenvalue weighted by Crippen LogP contribution is -1.90. The van der Waals surface area contributed by atoms with E-state index in [9.17, 15) is 10.3 Å². The summed E-state index contributed by atoms with van der Waals surface area (Å²) in [5.74, 6) is 0.202. The molecular weight excluding hydrogens is 276 g/mol. The van der Waals surface area contributed by atoms with E-state index in [1.165, 1.54) is 0 Å². The number of aromatic hydroxyl groups is 1. The van der Waals surface area contributed by atoms with Gasteiger partial charge in [-0.05, 0) is 23.8 Å². The first kappa shape index (κ1) is 13.8. The Labute approximate surface area is 128 Å². The summed E-state index contributed by atoms with van der Waals surface area (Å²) in [7, 11) is 0. The molecule has 0 heterocycles. The number of hydrogen-bond donors (Lipinski definition) is 1. The number of hydrogen-bond acceptors (Lipinski definition) is 3. The molecule has 0 aromatic heterocycles.